The Morgan fingerprint density at radius 3 is 2.33 bits per heavy atom. The molecular formula is C34H45N3O6. The van der Waals surface area contributed by atoms with Crippen LogP contribution >= 0.6 is 0 Å². The number of carbonyl (C=O) groups excluding carboxylic acids is 2. The molecule has 0 bridgehead atoms. The number of hydrogen-bond donors (Lipinski definition) is 3. The number of methoxy groups -OCH3 is 2. The van der Waals surface area contributed by atoms with E-state index in [9.17, 15) is 19.5 Å². The molecule has 1 saturated carbocycles. The van der Waals surface area contributed by atoms with Gasteiger partial charge in [-0.25, -0.2) is 0 Å². The second kappa shape index (κ2) is 14.9. The molecule has 3 N–H and O–H groups in total. The normalized spacial score (nSPS) is 15.1. The average Bonchev–Trinajstić information content (AvgIpc) is 3.37. The first-order chi connectivity index (χ1) is 20.8. The van der Waals surface area contributed by atoms with E-state index in [1.165, 1.54) is 4.57 Å². The van der Waals surface area contributed by atoms with Gasteiger partial charge >= 0.3 is 5.97 Å². The monoisotopic (exact) mass is 591 g/mol. The molecule has 2 aromatic carbocycles. The molecule has 1 aliphatic rings. The van der Waals surface area contributed by atoms with E-state index in [-0.39, 0.29) is 36.7 Å². The van der Waals surface area contributed by atoms with Crippen LogP contribution in [0.15, 0.2) is 42.5 Å². The summed E-state index contributed by atoms with van der Waals surface area (Å²) in [5.74, 6) is -0.491. The van der Waals surface area contributed by atoms with E-state index in [0.29, 0.717) is 17.0 Å². The lowest BCUT2D eigenvalue weighted by Crippen LogP contribution is -2.44. The van der Waals surface area contributed by atoms with E-state index in [2.05, 4.69) is 17.6 Å². The molecule has 2 amide bonds. The van der Waals surface area contributed by atoms with Gasteiger partial charge in [-0.05, 0) is 61.9 Å². The van der Waals surface area contributed by atoms with Crippen LogP contribution in [-0.4, -0.2) is 48.2 Å². The van der Waals surface area contributed by atoms with Crippen molar-refractivity contribution in [3.63, 3.8) is 0 Å². The number of ether oxygens (including phenoxy) is 2. The number of aliphatic carboxylic acids is 1. The topological polar surface area (TPSA) is 119 Å². The van der Waals surface area contributed by atoms with Crippen LogP contribution in [0.2, 0.25) is 0 Å². The molecule has 1 fully saturated rings. The van der Waals surface area contributed by atoms with Crippen molar-refractivity contribution in [1.82, 2.24) is 15.2 Å². The van der Waals surface area contributed by atoms with Gasteiger partial charge in [-0.3, -0.25) is 14.4 Å². The van der Waals surface area contributed by atoms with Crippen molar-refractivity contribution in [2.24, 2.45) is 11.8 Å². The molecule has 4 rings (SSSR count). The number of aryl methyl sites for hydroxylation is 1. The number of nitrogens with zero attached hydrogens (tertiary/aromatic N) is 1. The highest BCUT2D eigenvalue weighted by Crippen LogP contribution is 2.38. The lowest BCUT2D eigenvalue weighted by atomic mass is 9.79. The number of rotatable bonds is 14. The standard InChI is InChI=1S/C34H45N3O6/c1-5-6-15-26(32-29(42-3)17-22(2)18-30(32)43-4)36-33(40)25(23-12-8-7-9-13-23)20-35-34(41)28-19-24-14-10-11-16-27(24)37(28)21-31(38)39/h10-11,14,16-19,23,25-26H,5-9,12-13,15,20-21H2,1-4H3,(H,35,41)(H,36,40)(H,38,39)/t25-,26?/m0/s1. The lowest BCUT2D eigenvalue weighted by Gasteiger charge is -2.32. The van der Waals surface area contributed by atoms with Crippen LogP contribution < -0.4 is 20.1 Å². The smallest absolute Gasteiger partial charge is 0.323 e. The first-order valence-corrected chi connectivity index (χ1v) is 15.4. The molecule has 0 saturated heterocycles. The Morgan fingerprint density at radius 1 is 1.02 bits per heavy atom. The van der Waals surface area contributed by atoms with E-state index >= 15 is 0 Å². The number of benzene rings is 2. The fraction of sp³-hybridized carbons (Fsp3) is 0.500. The van der Waals surface area contributed by atoms with E-state index in [1.807, 2.05) is 37.3 Å². The summed E-state index contributed by atoms with van der Waals surface area (Å²) in [5, 5.41) is 16.6. The minimum atomic E-state index is -1.03. The Hall–Kier alpha value is -4.01. The number of carboxylic acids is 1. The minimum absolute atomic E-state index is 0.107. The number of para-hydroxylation sites is 1. The summed E-state index contributed by atoms with van der Waals surface area (Å²) >= 11 is 0. The zero-order valence-corrected chi connectivity index (χ0v) is 25.8. The van der Waals surface area contributed by atoms with Gasteiger partial charge in [0.15, 0.2) is 0 Å². The number of amides is 2. The molecule has 9 heteroatoms. The highest BCUT2D eigenvalue weighted by atomic mass is 16.5. The SMILES string of the molecule is CCCCC(NC(=O)[C@@H](CNC(=O)c1cc2ccccc2n1CC(=O)O)C1CCCCC1)c1c(OC)cc(C)cc1OC. The van der Waals surface area contributed by atoms with Gasteiger partial charge in [0.1, 0.15) is 23.7 Å². The van der Waals surface area contributed by atoms with Crippen LogP contribution in [0.5, 0.6) is 11.5 Å². The van der Waals surface area contributed by atoms with Crippen molar-refractivity contribution in [2.75, 3.05) is 20.8 Å². The van der Waals surface area contributed by atoms with Gasteiger partial charge in [0.25, 0.3) is 5.91 Å². The van der Waals surface area contributed by atoms with Gasteiger partial charge in [-0.15, -0.1) is 0 Å². The van der Waals surface area contributed by atoms with Crippen molar-refractivity contribution in [1.29, 1.82) is 0 Å². The molecule has 1 aromatic heterocycles. The summed E-state index contributed by atoms with van der Waals surface area (Å²) in [7, 11) is 3.25. The predicted octanol–water partition coefficient (Wildman–Crippen LogP) is 6.03. The van der Waals surface area contributed by atoms with E-state index < -0.39 is 17.8 Å². The molecule has 0 aliphatic heterocycles. The lowest BCUT2D eigenvalue weighted by molar-refractivity contribution is -0.137. The van der Waals surface area contributed by atoms with Gasteiger partial charge in [0.05, 0.1) is 31.7 Å². The molecule has 43 heavy (non-hydrogen) atoms. The van der Waals surface area contributed by atoms with Crippen molar-refractivity contribution in [3.05, 3.63) is 59.3 Å². The van der Waals surface area contributed by atoms with Crippen molar-refractivity contribution < 1.29 is 29.0 Å². The van der Waals surface area contributed by atoms with Gasteiger partial charge in [-0.1, -0.05) is 57.2 Å². The number of aromatic nitrogens is 1. The number of carboxylic acid groups (broad SMARTS) is 1. The highest BCUT2D eigenvalue weighted by molar-refractivity contribution is 5.99. The second-order valence-corrected chi connectivity index (χ2v) is 11.6. The Balaban J connectivity index is 1.61. The van der Waals surface area contributed by atoms with Gasteiger partial charge in [0.2, 0.25) is 5.91 Å². The van der Waals surface area contributed by atoms with Gasteiger partial charge in [-0.2, -0.15) is 0 Å². The average molecular weight is 592 g/mol. The summed E-state index contributed by atoms with van der Waals surface area (Å²) in [6.45, 7) is 3.92. The van der Waals surface area contributed by atoms with Crippen LogP contribution in [0.25, 0.3) is 10.9 Å². The third kappa shape index (κ3) is 7.69. The maximum atomic E-state index is 14.1. The van der Waals surface area contributed by atoms with Gasteiger partial charge < -0.3 is 29.8 Å². The zero-order valence-electron chi connectivity index (χ0n) is 25.8. The maximum absolute atomic E-state index is 14.1. The number of fused-ring (bicyclic) bond motifs is 1. The highest BCUT2D eigenvalue weighted by Gasteiger charge is 2.33. The van der Waals surface area contributed by atoms with Gasteiger partial charge in [0, 0.05) is 17.4 Å². The van der Waals surface area contributed by atoms with Crippen LogP contribution in [0.4, 0.5) is 0 Å². The summed E-state index contributed by atoms with van der Waals surface area (Å²) in [6.07, 6.45) is 7.68. The third-order valence-electron chi connectivity index (χ3n) is 8.57. The first kappa shape index (κ1) is 31.9. The number of hydrogen-bond acceptors (Lipinski definition) is 5. The van der Waals surface area contributed by atoms with Crippen LogP contribution in [-0.2, 0) is 16.1 Å². The molecule has 232 valence electrons. The molecule has 1 unspecified atom stereocenters. The van der Waals surface area contributed by atoms with Crippen molar-refractivity contribution in [3.8, 4) is 11.5 Å². The Morgan fingerprint density at radius 2 is 1.70 bits per heavy atom. The third-order valence-corrected chi connectivity index (χ3v) is 8.57. The predicted molar refractivity (Wildman–Crippen MR) is 167 cm³/mol. The summed E-state index contributed by atoms with van der Waals surface area (Å²) < 4.78 is 13.0. The first-order valence-electron chi connectivity index (χ1n) is 15.4. The molecule has 0 spiro atoms. The second-order valence-electron chi connectivity index (χ2n) is 11.6. The maximum Gasteiger partial charge on any atom is 0.323 e. The number of nitrogens with one attached hydrogen (secondary N) is 2. The van der Waals surface area contributed by atoms with Crippen molar-refractivity contribution in [2.45, 2.75) is 77.8 Å². The summed E-state index contributed by atoms with van der Waals surface area (Å²) in [5.41, 5.74) is 2.76. The Labute approximate surface area is 253 Å². The van der Waals surface area contributed by atoms with E-state index in [1.54, 1.807) is 26.4 Å². The fourth-order valence-electron chi connectivity index (χ4n) is 6.40. The zero-order chi connectivity index (χ0) is 30.9. The van der Waals surface area contributed by atoms with Crippen LogP contribution in [0.3, 0.4) is 0 Å². The van der Waals surface area contributed by atoms with E-state index in [0.717, 1.165) is 67.9 Å². The molecule has 0 radical (unpaired) electrons. The molecule has 3 aromatic rings. The van der Waals surface area contributed by atoms with E-state index in [4.69, 9.17) is 9.47 Å². The molecule has 1 heterocycles. The minimum Gasteiger partial charge on any atom is -0.496 e. The number of carbonyl (C=O) groups is 3. The largest absolute Gasteiger partial charge is 0.496 e. The van der Waals surface area contributed by atoms with Crippen molar-refractivity contribution >= 4 is 28.7 Å². The Bertz CT molecular complexity index is 1400. The molecule has 9 nitrogen and oxygen atoms in total. The fourth-order valence-corrected chi connectivity index (χ4v) is 6.40. The number of unbranched alkanes of at least 4 members (excludes halogenated alkanes) is 1. The summed E-state index contributed by atoms with van der Waals surface area (Å²) in [6, 6.07) is 12.6. The molecule has 1 aliphatic carbocycles. The quantitative estimate of drug-likeness (QED) is 0.211. The van der Waals surface area contributed by atoms with Crippen LogP contribution in [0, 0.1) is 18.8 Å². The summed E-state index contributed by atoms with van der Waals surface area (Å²) in [4.78, 5) is 39.3. The Kier molecular flexibility index (Phi) is 11.1. The van der Waals surface area contributed by atoms with Crippen LogP contribution in [0.1, 0.15) is 85.9 Å². The molecule has 2 atom stereocenters. The molecular weight excluding hydrogens is 546 g/mol.